The molecule has 7 heteroatoms. The molecule has 2 heterocycles. The Bertz CT molecular complexity index is 955. The van der Waals surface area contributed by atoms with E-state index in [1.54, 1.807) is 35.5 Å². The van der Waals surface area contributed by atoms with Gasteiger partial charge in [-0.25, -0.2) is 4.39 Å². The third-order valence-electron chi connectivity index (χ3n) is 7.17. The fraction of sp³-hybridized carbons (Fsp3) is 0.556. The maximum absolute atomic E-state index is 13.6. The summed E-state index contributed by atoms with van der Waals surface area (Å²) in [6.07, 6.45) is 7.87. The van der Waals surface area contributed by atoms with Crippen molar-refractivity contribution in [3.05, 3.63) is 57.5 Å². The molecule has 1 atom stereocenters. The molecule has 0 N–H and O–H groups in total. The van der Waals surface area contributed by atoms with E-state index in [1.807, 2.05) is 4.90 Å². The molecule has 2 aliphatic rings. The Labute approximate surface area is 205 Å². The van der Waals surface area contributed by atoms with Crippen molar-refractivity contribution in [2.75, 3.05) is 33.4 Å². The number of rotatable bonds is 10. The number of halogens is 1. The van der Waals surface area contributed by atoms with Crippen LogP contribution in [0, 0.1) is 11.7 Å². The first kappa shape index (κ1) is 24.9. The number of hydrogen-bond donors (Lipinski definition) is 0. The van der Waals surface area contributed by atoms with E-state index in [0.717, 1.165) is 24.0 Å². The second kappa shape index (κ2) is 11.9. The summed E-state index contributed by atoms with van der Waals surface area (Å²) in [4.78, 5) is 31.6. The molecule has 0 spiro atoms. The number of fused-ring (bicyclic) bond motifs is 1. The lowest BCUT2D eigenvalue weighted by Crippen LogP contribution is -2.47. The number of benzene rings is 1. The number of ether oxygens (including phenoxy) is 1. The molecule has 2 aromatic rings. The molecule has 2 amide bonds. The molecular weight excluding hydrogens is 451 g/mol. The van der Waals surface area contributed by atoms with E-state index in [2.05, 4.69) is 11.4 Å². The normalized spacial score (nSPS) is 18.2. The van der Waals surface area contributed by atoms with Crippen molar-refractivity contribution in [2.24, 2.45) is 5.92 Å². The van der Waals surface area contributed by atoms with E-state index in [-0.39, 0.29) is 30.2 Å². The van der Waals surface area contributed by atoms with Crippen LogP contribution in [0.25, 0.3) is 0 Å². The van der Waals surface area contributed by atoms with E-state index >= 15 is 0 Å². The second-order valence-electron chi connectivity index (χ2n) is 9.44. The van der Waals surface area contributed by atoms with Gasteiger partial charge in [-0.05, 0) is 59.9 Å². The average molecular weight is 487 g/mol. The Kier molecular flexibility index (Phi) is 8.73. The van der Waals surface area contributed by atoms with Crippen LogP contribution in [0.3, 0.4) is 0 Å². The summed E-state index contributed by atoms with van der Waals surface area (Å²) in [6.45, 7) is 1.74. The van der Waals surface area contributed by atoms with Crippen molar-refractivity contribution in [2.45, 2.75) is 57.4 Å². The molecule has 184 valence electrons. The van der Waals surface area contributed by atoms with Crippen LogP contribution in [0.1, 0.15) is 67.0 Å². The first-order valence-electron chi connectivity index (χ1n) is 12.4. The monoisotopic (exact) mass is 486 g/mol. The number of methoxy groups -OCH3 is 1. The molecule has 5 nitrogen and oxygen atoms in total. The molecule has 0 radical (unpaired) electrons. The maximum Gasteiger partial charge on any atom is 0.242 e. The summed E-state index contributed by atoms with van der Waals surface area (Å²) in [5.74, 6) is 0.350. The zero-order valence-corrected chi connectivity index (χ0v) is 20.8. The Balaban J connectivity index is 1.49. The van der Waals surface area contributed by atoms with Crippen LogP contribution < -0.4 is 0 Å². The highest BCUT2D eigenvalue weighted by Crippen LogP contribution is 2.38. The summed E-state index contributed by atoms with van der Waals surface area (Å²) >= 11 is 1.70. The van der Waals surface area contributed by atoms with Crippen molar-refractivity contribution >= 4 is 23.2 Å². The van der Waals surface area contributed by atoms with Crippen LogP contribution in [0.15, 0.2) is 35.7 Å². The van der Waals surface area contributed by atoms with Gasteiger partial charge in [0.1, 0.15) is 5.82 Å². The highest BCUT2D eigenvalue weighted by atomic mass is 32.1. The van der Waals surface area contributed by atoms with Gasteiger partial charge in [0.15, 0.2) is 0 Å². The highest BCUT2D eigenvalue weighted by molar-refractivity contribution is 7.10. The molecule has 1 aromatic carbocycles. The largest absolute Gasteiger partial charge is 0.385 e. The standard InChI is InChI=1S/C27H35FN2O3S/c1-33-17-4-15-29(25(31)12-7-20-5-2-3-6-20)19-26(32)30-16-13-24-23(14-18-34-24)27(30)21-8-10-22(28)11-9-21/h8-11,14,18,20,27H,2-7,12-13,15-17,19H2,1H3. The lowest BCUT2D eigenvalue weighted by molar-refractivity contribution is -0.142. The fourth-order valence-corrected chi connectivity index (χ4v) is 6.22. The first-order chi connectivity index (χ1) is 16.6. The number of hydrogen-bond acceptors (Lipinski definition) is 4. The van der Waals surface area contributed by atoms with Crippen LogP contribution >= 0.6 is 11.3 Å². The molecule has 1 aliphatic heterocycles. The van der Waals surface area contributed by atoms with Crippen LogP contribution in [0.2, 0.25) is 0 Å². The third-order valence-corrected chi connectivity index (χ3v) is 8.17. The Morgan fingerprint density at radius 2 is 1.94 bits per heavy atom. The van der Waals surface area contributed by atoms with Gasteiger partial charge in [-0.2, -0.15) is 0 Å². The van der Waals surface area contributed by atoms with Crippen molar-refractivity contribution < 1.29 is 18.7 Å². The molecule has 1 aromatic heterocycles. The van der Waals surface area contributed by atoms with Gasteiger partial charge in [0.05, 0.1) is 12.6 Å². The van der Waals surface area contributed by atoms with Crippen LogP contribution in [0.4, 0.5) is 4.39 Å². The molecule has 34 heavy (non-hydrogen) atoms. The summed E-state index contributed by atoms with van der Waals surface area (Å²) in [5.41, 5.74) is 2.00. The molecule has 0 saturated heterocycles. The summed E-state index contributed by atoms with van der Waals surface area (Å²) < 4.78 is 18.8. The fourth-order valence-electron chi connectivity index (χ4n) is 5.32. The molecule has 1 unspecified atom stereocenters. The molecule has 4 rings (SSSR count). The van der Waals surface area contributed by atoms with Crippen molar-refractivity contribution in [3.8, 4) is 0 Å². The lowest BCUT2D eigenvalue weighted by atomic mass is 9.93. The quantitative estimate of drug-likeness (QED) is 0.434. The maximum atomic E-state index is 13.6. The van der Waals surface area contributed by atoms with E-state index in [0.29, 0.717) is 38.5 Å². The molecule has 1 aliphatic carbocycles. The Hall–Kier alpha value is -2.25. The van der Waals surface area contributed by atoms with Gasteiger partial charge in [0.2, 0.25) is 11.8 Å². The topological polar surface area (TPSA) is 49.9 Å². The summed E-state index contributed by atoms with van der Waals surface area (Å²) in [6, 6.07) is 8.23. The number of carbonyl (C=O) groups is 2. The summed E-state index contributed by atoms with van der Waals surface area (Å²) in [5, 5.41) is 2.05. The lowest BCUT2D eigenvalue weighted by Gasteiger charge is -2.37. The van der Waals surface area contributed by atoms with Crippen LogP contribution in [-0.2, 0) is 20.7 Å². The third kappa shape index (κ3) is 6.05. The smallest absolute Gasteiger partial charge is 0.242 e. The van der Waals surface area contributed by atoms with Crippen LogP contribution in [-0.4, -0.2) is 55.0 Å². The van der Waals surface area contributed by atoms with E-state index in [9.17, 15) is 14.0 Å². The predicted molar refractivity (Wildman–Crippen MR) is 132 cm³/mol. The minimum Gasteiger partial charge on any atom is -0.385 e. The van der Waals surface area contributed by atoms with Gasteiger partial charge < -0.3 is 14.5 Å². The molecule has 1 fully saturated rings. The van der Waals surface area contributed by atoms with E-state index in [4.69, 9.17) is 4.74 Å². The average Bonchev–Trinajstić information content (AvgIpc) is 3.54. The molecule has 1 saturated carbocycles. The number of thiophene rings is 1. The number of carbonyl (C=O) groups excluding carboxylic acids is 2. The Morgan fingerprint density at radius 3 is 2.68 bits per heavy atom. The van der Waals surface area contributed by atoms with Crippen molar-refractivity contribution in [1.29, 1.82) is 0 Å². The van der Waals surface area contributed by atoms with Gasteiger partial charge in [-0.15, -0.1) is 11.3 Å². The van der Waals surface area contributed by atoms with Crippen molar-refractivity contribution in [3.63, 3.8) is 0 Å². The molecular formula is C27H35FN2O3S. The van der Waals surface area contributed by atoms with Crippen LogP contribution in [0.5, 0.6) is 0 Å². The predicted octanol–water partition coefficient (Wildman–Crippen LogP) is 5.20. The summed E-state index contributed by atoms with van der Waals surface area (Å²) in [7, 11) is 1.65. The second-order valence-corrected chi connectivity index (χ2v) is 10.4. The van der Waals surface area contributed by atoms with E-state index < -0.39 is 0 Å². The first-order valence-corrected chi connectivity index (χ1v) is 13.3. The Morgan fingerprint density at radius 1 is 1.18 bits per heavy atom. The van der Waals surface area contributed by atoms with E-state index in [1.165, 1.54) is 42.7 Å². The van der Waals surface area contributed by atoms with Gasteiger partial charge >= 0.3 is 0 Å². The van der Waals surface area contributed by atoms with Gasteiger partial charge in [0.25, 0.3) is 0 Å². The zero-order valence-electron chi connectivity index (χ0n) is 20.0. The van der Waals surface area contributed by atoms with Gasteiger partial charge in [0, 0.05) is 38.1 Å². The highest BCUT2D eigenvalue weighted by Gasteiger charge is 2.34. The minimum atomic E-state index is -0.292. The number of nitrogens with zero attached hydrogens (tertiary/aromatic N) is 2. The minimum absolute atomic E-state index is 0.0576. The molecule has 0 bridgehead atoms. The number of amides is 2. The van der Waals surface area contributed by atoms with Crippen molar-refractivity contribution in [1.82, 2.24) is 9.80 Å². The SMILES string of the molecule is COCCCN(CC(=O)N1CCc2sccc2C1c1ccc(F)cc1)C(=O)CCC1CCCC1. The van der Waals surface area contributed by atoms with Gasteiger partial charge in [-0.1, -0.05) is 37.8 Å². The zero-order chi connectivity index (χ0) is 23.9. The van der Waals surface area contributed by atoms with Gasteiger partial charge in [-0.3, -0.25) is 9.59 Å².